The summed E-state index contributed by atoms with van der Waals surface area (Å²) in [6.45, 7) is 2.78. The molecule has 1 fully saturated rings. The molecule has 0 unspecified atom stereocenters. The fourth-order valence-corrected chi connectivity index (χ4v) is 3.99. The summed E-state index contributed by atoms with van der Waals surface area (Å²) >= 11 is 0. The van der Waals surface area contributed by atoms with Crippen molar-refractivity contribution in [3.8, 4) is 17.2 Å². The first-order chi connectivity index (χ1) is 16.2. The van der Waals surface area contributed by atoms with Crippen molar-refractivity contribution in [2.45, 2.75) is 6.42 Å². The maximum atomic E-state index is 12.7. The molecule has 7 nitrogen and oxygen atoms in total. The highest BCUT2D eigenvalue weighted by Crippen LogP contribution is 2.39. The molecular formula is C26H25N3O4. The van der Waals surface area contributed by atoms with Gasteiger partial charge in [0.2, 0.25) is 5.91 Å². The average Bonchev–Trinajstić information content (AvgIpc) is 3.01. The Hall–Kier alpha value is -3.84. The number of hydrogen-bond donors (Lipinski definition) is 1. The van der Waals surface area contributed by atoms with Crippen LogP contribution >= 0.6 is 0 Å². The second-order valence-corrected chi connectivity index (χ2v) is 7.89. The maximum Gasteiger partial charge on any atom is 0.228 e. The van der Waals surface area contributed by atoms with Crippen LogP contribution in [0.2, 0.25) is 0 Å². The van der Waals surface area contributed by atoms with E-state index in [0.717, 1.165) is 41.5 Å². The van der Waals surface area contributed by atoms with Crippen LogP contribution in [0, 0.1) is 0 Å². The number of aliphatic imine (C=N–C) groups is 1. The van der Waals surface area contributed by atoms with E-state index in [1.54, 1.807) is 7.11 Å². The quantitative estimate of drug-likeness (QED) is 0.647. The first kappa shape index (κ1) is 21.0. The first-order valence-electron chi connectivity index (χ1n) is 10.9. The lowest BCUT2D eigenvalue weighted by Gasteiger charge is -2.30. The van der Waals surface area contributed by atoms with E-state index < -0.39 is 0 Å². The van der Waals surface area contributed by atoms with Crippen LogP contribution in [0.15, 0.2) is 71.7 Å². The number of carbonyl (C=O) groups excluding carboxylic acids is 1. The van der Waals surface area contributed by atoms with Gasteiger partial charge in [-0.1, -0.05) is 24.3 Å². The van der Waals surface area contributed by atoms with Crippen LogP contribution in [-0.4, -0.2) is 50.1 Å². The third-order valence-corrected chi connectivity index (χ3v) is 5.63. The van der Waals surface area contributed by atoms with Crippen molar-refractivity contribution >= 4 is 23.1 Å². The van der Waals surface area contributed by atoms with E-state index in [4.69, 9.17) is 19.2 Å². The molecule has 5 rings (SSSR count). The van der Waals surface area contributed by atoms with Gasteiger partial charge in [-0.05, 0) is 48.0 Å². The van der Waals surface area contributed by atoms with E-state index in [1.165, 1.54) is 0 Å². The zero-order valence-electron chi connectivity index (χ0n) is 18.4. The molecule has 0 spiro atoms. The summed E-state index contributed by atoms with van der Waals surface area (Å²) in [6, 6.07) is 20.9. The highest BCUT2D eigenvalue weighted by Gasteiger charge is 2.24. The summed E-state index contributed by atoms with van der Waals surface area (Å²) < 4.78 is 17.0. The molecule has 0 atom stereocenters. The number of para-hydroxylation sites is 2. The lowest BCUT2D eigenvalue weighted by Crippen LogP contribution is -2.41. The molecule has 2 heterocycles. The van der Waals surface area contributed by atoms with E-state index in [0.29, 0.717) is 30.4 Å². The molecule has 0 bridgehead atoms. The largest absolute Gasteiger partial charge is 0.497 e. The van der Waals surface area contributed by atoms with Gasteiger partial charge >= 0.3 is 0 Å². The number of nitrogens with one attached hydrogen (secondary N) is 1. The van der Waals surface area contributed by atoms with Crippen LogP contribution in [0.3, 0.4) is 0 Å². The minimum Gasteiger partial charge on any atom is -0.497 e. The van der Waals surface area contributed by atoms with Gasteiger partial charge in [0.25, 0.3) is 0 Å². The average molecular weight is 444 g/mol. The molecule has 2 aliphatic heterocycles. The van der Waals surface area contributed by atoms with Crippen LogP contribution < -0.4 is 14.8 Å². The number of morpholine rings is 1. The van der Waals surface area contributed by atoms with E-state index in [-0.39, 0.29) is 12.3 Å². The summed E-state index contributed by atoms with van der Waals surface area (Å²) in [4.78, 5) is 19.9. The number of carbonyl (C=O) groups is 1. The Bertz CT molecular complexity index is 1200. The topological polar surface area (TPSA) is 72.4 Å². The SMILES string of the molecule is COc1cccc(CC(=O)Nc2ccc3c(c2)C(N2CCOCC2)=Nc2ccccc2O3)c1. The zero-order chi connectivity index (χ0) is 22.6. The number of amides is 1. The summed E-state index contributed by atoms with van der Waals surface area (Å²) in [5.41, 5.74) is 3.19. The summed E-state index contributed by atoms with van der Waals surface area (Å²) in [6.07, 6.45) is 0.251. The van der Waals surface area contributed by atoms with Gasteiger partial charge in [-0.3, -0.25) is 4.79 Å². The molecule has 0 aromatic heterocycles. The van der Waals surface area contributed by atoms with Crippen molar-refractivity contribution in [1.82, 2.24) is 4.90 Å². The van der Waals surface area contributed by atoms with Gasteiger partial charge in [0.05, 0.1) is 32.3 Å². The van der Waals surface area contributed by atoms with Crippen molar-refractivity contribution in [3.63, 3.8) is 0 Å². The normalized spacial score (nSPS) is 14.8. The third kappa shape index (κ3) is 4.68. The first-order valence-corrected chi connectivity index (χ1v) is 10.9. The number of hydrogen-bond acceptors (Lipinski definition) is 6. The van der Waals surface area contributed by atoms with Crippen molar-refractivity contribution < 1.29 is 19.0 Å². The number of nitrogens with zero attached hydrogens (tertiary/aromatic N) is 2. The van der Waals surface area contributed by atoms with Gasteiger partial charge < -0.3 is 24.4 Å². The Morgan fingerprint density at radius 2 is 1.88 bits per heavy atom. The molecule has 1 N–H and O–H groups in total. The Balaban J connectivity index is 1.43. The Morgan fingerprint density at radius 1 is 1.03 bits per heavy atom. The molecule has 33 heavy (non-hydrogen) atoms. The number of benzene rings is 3. The molecule has 0 radical (unpaired) electrons. The zero-order valence-corrected chi connectivity index (χ0v) is 18.4. The lowest BCUT2D eigenvalue weighted by molar-refractivity contribution is -0.115. The number of ether oxygens (including phenoxy) is 3. The highest BCUT2D eigenvalue weighted by atomic mass is 16.5. The van der Waals surface area contributed by atoms with Gasteiger partial charge in [-0.25, -0.2) is 4.99 Å². The molecule has 7 heteroatoms. The molecule has 3 aromatic rings. The standard InChI is InChI=1S/C26H25N3O4/c1-31-20-6-4-5-18(15-20)16-25(30)27-19-9-10-23-21(17-19)26(29-11-13-32-14-12-29)28-22-7-2-3-8-24(22)33-23/h2-10,15,17H,11-14,16H2,1H3,(H,27,30). The monoisotopic (exact) mass is 443 g/mol. The van der Waals surface area contributed by atoms with E-state index in [9.17, 15) is 4.79 Å². The predicted octanol–water partition coefficient (Wildman–Crippen LogP) is 4.39. The smallest absolute Gasteiger partial charge is 0.228 e. The van der Waals surface area contributed by atoms with Crippen molar-refractivity contribution in [2.24, 2.45) is 4.99 Å². The van der Waals surface area contributed by atoms with E-state index in [2.05, 4.69) is 10.2 Å². The van der Waals surface area contributed by atoms with E-state index in [1.807, 2.05) is 66.7 Å². The number of methoxy groups -OCH3 is 1. The minimum absolute atomic E-state index is 0.106. The molecule has 2 aliphatic rings. The number of rotatable bonds is 4. The maximum absolute atomic E-state index is 12.7. The lowest BCUT2D eigenvalue weighted by atomic mass is 10.1. The predicted molar refractivity (Wildman–Crippen MR) is 127 cm³/mol. The number of fused-ring (bicyclic) bond motifs is 2. The highest BCUT2D eigenvalue weighted by molar-refractivity contribution is 6.05. The van der Waals surface area contributed by atoms with Crippen molar-refractivity contribution in [1.29, 1.82) is 0 Å². The van der Waals surface area contributed by atoms with Crippen LogP contribution in [0.25, 0.3) is 0 Å². The molecule has 1 saturated heterocycles. The second kappa shape index (κ2) is 9.34. The van der Waals surface area contributed by atoms with Gasteiger partial charge in [0, 0.05) is 18.8 Å². The second-order valence-electron chi connectivity index (χ2n) is 7.89. The molecule has 3 aromatic carbocycles. The Kier molecular flexibility index (Phi) is 5.95. The van der Waals surface area contributed by atoms with E-state index >= 15 is 0 Å². The molecule has 1 amide bonds. The third-order valence-electron chi connectivity index (χ3n) is 5.63. The summed E-state index contributed by atoms with van der Waals surface area (Å²) in [5, 5.41) is 3.01. The fourth-order valence-electron chi connectivity index (χ4n) is 3.99. The van der Waals surface area contributed by atoms with Crippen molar-refractivity contribution in [2.75, 3.05) is 38.7 Å². The van der Waals surface area contributed by atoms with Gasteiger partial charge in [0.1, 0.15) is 23.0 Å². The van der Waals surface area contributed by atoms with Gasteiger partial charge in [0.15, 0.2) is 5.75 Å². The molecule has 0 saturated carbocycles. The Morgan fingerprint density at radius 3 is 2.73 bits per heavy atom. The van der Waals surface area contributed by atoms with Gasteiger partial charge in [-0.2, -0.15) is 0 Å². The fraction of sp³-hybridized carbons (Fsp3) is 0.231. The van der Waals surface area contributed by atoms with Crippen LogP contribution in [0.5, 0.6) is 17.2 Å². The minimum atomic E-state index is -0.106. The molecule has 0 aliphatic carbocycles. The van der Waals surface area contributed by atoms with Crippen LogP contribution in [0.1, 0.15) is 11.1 Å². The van der Waals surface area contributed by atoms with Crippen LogP contribution in [0.4, 0.5) is 11.4 Å². The Labute approximate surface area is 192 Å². The summed E-state index contributed by atoms with van der Waals surface area (Å²) in [7, 11) is 1.61. The van der Waals surface area contributed by atoms with Crippen molar-refractivity contribution in [3.05, 3.63) is 77.9 Å². The summed E-state index contributed by atoms with van der Waals surface area (Å²) in [5.74, 6) is 2.86. The molecule has 168 valence electrons. The van der Waals surface area contributed by atoms with Gasteiger partial charge in [-0.15, -0.1) is 0 Å². The number of amidine groups is 1. The molecular weight excluding hydrogens is 418 g/mol. The number of anilines is 1. The van der Waals surface area contributed by atoms with Crippen LogP contribution in [-0.2, 0) is 16.0 Å².